The van der Waals surface area contributed by atoms with E-state index in [9.17, 15) is 12.8 Å². The lowest BCUT2D eigenvalue weighted by atomic mass is 10.2. The number of hydrogen-bond donors (Lipinski definition) is 3. The van der Waals surface area contributed by atoms with Crippen LogP contribution in [0, 0.1) is 19.7 Å². The van der Waals surface area contributed by atoms with E-state index in [-0.39, 0.29) is 10.6 Å². The summed E-state index contributed by atoms with van der Waals surface area (Å²) in [5.74, 6) is -0.463. The lowest BCUT2D eigenvalue weighted by molar-refractivity contribution is 0.598. The van der Waals surface area contributed by atoms with Crippen molar-refractivity contribution in [3.05, 3.63) is 41.0 Å². The number of rotatable bonds is 5. The molecule has 0 saturated heterocycles. The van der Waals surface area contributed by atoms with Gasteiger partial charge in [-0.05, 0) is 38.6 Å². The summed E-state index contributed by atoms with van der Waals surface area (Å²) in [5.41, 5.74) is 1.44. The first-order valence-electron chi connectivity index (χ1n) is 6.32. The molecular formula is C13H17FN4O2S. The highest BCUT2D eigenvalue weighted by Crippen LogP contribution is 2.22. The van der Waals surface area contributed by atoms with E-state index < -0.39 is 15.8 Å². The average molecular weight is 312 g/mol. The number of aromatic nitrogens is 2. The smallest absolute Gasteiger partial charge is 0.265 e. The Morgan fingerprint density at radius 3 is 2.67 bits per heavy atom. The van der Waals surface area contributed by atoms with Crippen molar-refractivity contribution in [1.82, 2.24) is 15.5 Å². The highest BCUT2D eigenvalue weighted by atomic mass is 32.2. The predicted molar refractivity (Wildman–Crippen MR) is 78.0 cm³/mol. The Labute approximate surface area is 122 Å². The molecule has 2 rings (SSSR count). The Morgan fingerprint density at radius 2 is 2.05 bits per heavy atom. The second-order valence-corrected chi connectivity index (χ2v) is 6.34. The minimum atomic E-state index is -3.83. The maximum Gasteiger partial charge on any atom is 0.265 e. The van der Waals surface area contributed by atoms with E-state index in [1.807, 2.05) is 0 Å². The predicted octanol–water partition coefficient (Wildman–Crippen LogP) is 1.69. The van der Waals surface area contributed by atoms with E-state index in [0.717, 1.165) is 6.07 Å². The van der Waals surface area contributed by atoms with Gasteiger partial charge < -0.3 is 5.32 Å². The van der Waals surface area contributed by atoms with Crippen molar-refractivity contribution in [2.24, 2.45) is 0 Å². The largest absolute Gasteiger partial charge is 0.314 e. The Balaban J connectivity index is 2.38. The van der Waals surface area contributed by atoms with Crippen molar-refractivity contribution in [3.63, 3.8) is 0 Å². The number of nitrogens with one attached hydrogen (secondary N) is 3. The monoisotopic (exact) mass is 312 g/mol. The number of aryl methyl sites for hydroxylation is 2. The summed E-state index contributed by atoms with van der Waals surface area (Å²) in [4.78, 5) is 0.0813. The molecule has 1 heterocycles. The fourth-order valence-corrected chi connectivity index (χ4v) is 3.39. The molecule has 0 amide bonds. The number of hydrogen-bond acceptors (Lipinski definition) is 4. The van der Waals surface area contributed by atoms with Gasteiger partial charge in [0.15, 0.2) is 0 Å². The number of anilines is 1. The SMILES string of the molecule is CNCc1n[nH]c(C)c1S(=O)(=O)Nc1ccc(C)c(F)c1. The van der Waals surface area contributed by atoms with Gasteiger partial charge in [-0.3, -0.25) is 9.82 Å². The summed E-state index contributed by atoms with van der Waals surface area (Å²) >= 11 is 0. The molecule has 1 aromatic carbocycles. The molecule has 0 fully saturated rings. The van der Waals surface area contributed by atoms with Crippen LogP contribution in [0.3, 0.4) is 0 Å². The quantitative estimate of drug-likeness (QED) is 0.784. The minimum Gasteiger partial charge on any atom is -0.314 e. The van der Waals surface area contributed by atoms with E-state index >= 15 is 0 Å². The zero-order chi connectivity index (χ0) is 15.6. The molecule has 0 aliphatic rings. The molecule has 0 aliphatic heterocycles. The van der Waals surface area contributed by atoms with E-state index in [1.54, 1.807) is 20.9 Å². The summed E-state index contributed by atoms with van der Waals surface area (Å²) in [6.45, 7) is 3.54. The molecule has 0 aliphatic carbocycles. The molecule has 0 spiro atoms. The fourth-order valence-electron chi connectivity index (χ4n) is 1.98. The van der Waals surface area contributed by atoms with Crippen LogP contribution in [0.2, 0.25) is 0 Å². The van der Waals surface area contributed by atoms with Crippen LogP contribution >= 0.6 is 0 Å². The van der Waals surface area contributed by atoms with Crippen LogP contribution in [-0.2, 0) is 16.6 Å². The third-order valence-corrected chi connectivity index (χ3v) is 4.58. The van der Waals surface area contributed by atoms with Crippen molar-refractivity contribution in [1.29, 1.82) is 0 Å². The molecule has 0 radical (unpaired) electrons. The highest BCUT2D eigenvalue weighted by molar-refractivity contribution is 7.92. The standard InChI is InChI=1S/C13H17FN4O2S/c1-8-4-5-10(6-11(8)14)18-21(19,20)13-9(2)16-17-12(13)7-15-3/h4-6,15,18H,7H2,1-3H3,(H,16,17). The summed E-state index contributed by atoms with van der Waals surface area (Å²) in [6.07, 6.45) is 0. The second kappa shape index (κ2) is 5.82. The lowest BCUT2D eigenvalue weighted by Crippen LogP contribution is -2.17. The van der Waals surface area contributed by atoms with Crippen molar-refractivity contribution < 1.29 is 12.8 Å². The van der Waals surface area contributed by atoms with Gasteiger partial charge in [-0.15, -0.1) is 0 Å². The Kier molecular flexibility index (Phi) is 4.29. The fraction of sp³-hybridized carbons (Fsp3) is 0.308. The van der Waals surface area contributed by atoms with Crippen LogP contribution in [0.15, 0.2) is 23.1 Å². The molecule has 3 N–H and O–H groups in total. The van der Waals surface area contributed by atoms with Crippen LogP contribution in [-0.4, -0.2) is 25.7 Å². The lowest BCUT2D eigenvalue weighted by Gasteiger charge is -2.10. The van der Waals surface area contributed by atoms with E-state index in [1.165, 1.54) is 12.1 Å². The van der Waals surface area contributed by atoms with Crippen molar-refractivity contribution in [2.45, 2.75) is 25.3 Å². The zero-order valence-corrected chi connectivity index (χ0v) is 12.8. The second-order valence-electron chi connectivity index (χ2n) is 4.72. The van der Waals surface area contributed by atoms with E-state index in [4.69, 9.17) is 0 Å². The zero-order valence-electron chi connectivity index (χ0n) is 12.0. The molecule has 2 aromatic rings. The molecular weight excluding hydrogens is 295 g/mol. The molecule has 0 atom stereocenters. The highest BCUT2D eigenvalue weighted by Gasteiger charge is 2.24. The first-order chi connectivity index (χ1) is 9.85. The van der Waals surface area contributed by atoms with Gasteiger partial charge >= 0.3 is 0 Å². The molecule has 0 bridgehead atoms. The number of benzene rings is 1. The van der Waals surface area contributed by atoms with Gasteiger partial charge in [0, 0.05) is 6.54 Å². The van der Waals surface area contributed by atoms with Crippen molar-refractivity contribution >= 4 is 15.7 Å². The number of H-pyrrole nitrogens is 1. The molecule has 114 valence electrons. The molecule has 0 saturated carbocycles. The van der Waals surface area contributed by atoms with Gasteiger partial charge in [0.2, 0.25) is 0 Å². The topological polar surface area (TPSA) is 86.9 Å². The summed E-state index contributed by atoms with van der Waals surface area (Å²) in [5, 5.41) is 9.47. The maximum atomic E-state index is 13.5. The van der Waals surface area contributed by atoms with Gasteiger partial charge in [-0.2, -0.15) is 5.10 Å². The molecule has 0 unspecified atom stereocenters. The Hall–Kier alpha value is -1.93. The molecule has 21 heavy (non-hydrogen) atoms. The first-order valence-corrected chi connectivity index (χ1v) is 7.81. The molecule has 6 nitrogen and oxygen atoms in total. The summed E-state index contributed by atoms with van der Waals surface area (Å²) in [6, 6.07) is 4.19. The first kappa shape index (κ1) is 15.5. The van der Waals surface area contributed by atoms with Gasteiger partial charge in [0.1, 0.15) is 10.7 Å². The molecule has 8 heteroatoms. The van der Waals surface area contributed by atoms with Crippen LogP contribution in [0.4, 0.5) is 10.1 Å². The third-order valence-electron chi connectivity index (χ3n) is 3.00. The number of nitrogens with zero attached hydrogens (tertiary/aromatic N) is 1. The number of aromatic amines is 1. The van der Waals surface area contributed by atoms with Crippen molar-refractivity contribution in [3.8, 4) is 0 Å². The summed E-state index contributed by atoms with van der Waals surface area (Å²) in [7, 11) is -2.14. The van der Waals surface area contributed by atoms with Crippen LogP contribution in [0.5, 0.6) is 0 Å². The van der Waals surface area contributed by atoms with Gasteiger partial charge in [0.25, 0.3) is 10.0 Å². The maximum absolute atomic E-state index is 13.5. The van der Waals surface area contributed by atoms with Gasteiger partial charge in [-0.25, -0.2) is 12.8 Å². The Morgan fingerprint density at radius 1 is 1.33 bits per heavy atom. The van der Waals surface area contributed by atoms with Crippen LogP contribution in [0.1, 0.15) is 17.0 Å². The van der Waals surface area contributed by atoms with Gasteiger partial charge in [-0.1, -0.05) is 6.07 Å². The van der Waals surface area contributed by atoms with E-state index in [2.05, 4.69) is 20.2 Å². The van der Waals surface area contributed by atoms with Gasteiger partial charge in [0.05, 0.1) is 17.1 Å². The third kappa shape index (κ3) is 3.22. The number of sulfonamides is 1. The molecule has 1 aromatic heterocycles. The van der Waals surface area contributed by atoms with Crippen LogP contribution < -0.4 is 10.0 Å². The Bertz CT molecular complexity index is 756. The number of halogens is 1. The normalized spacial score (nSPS) is 11.6. The van der Waals surface area contributed by atoms with E-state index in [0.29, 0.717) is 23.5 Å². The van der Waals surface area contributed by atoms with Crippen LogP contribution in [0.25, 0.3) is 0 Å². The van der Waals surface area contributed by atoms with Crippen molar-refractivity contribution in [2.75, 3.05) is 11.8 Å². The average Bonchev–Trinajstić information content (AvgIpc) is 2.76. The minimum absolute atomic E-state index is 0.0813. The summed E-state index contributed by atoms with van der Waals surface area (Å²) < 4.78 is 40.8.